The molecule has 0 aromatic heterocycles. The number of hydrogen-bond donors (Lipinski definition) is 2. The first-order valence-corrected chi connectivity index (χ1v) is 10.1. The number of carbonyl (C=O) groups excluding carboxylic acids is 1. The summed E-state index contributed by atoms with van der Waals surface area (Å²) < 4.78 is 22.9. The minimum atomic E-state index is -3.22. The minimum Gasteiger partial charge on any atom is -0.481 e. The van der Waals surface area contributed by atoms with Crippen LogP contribution < -0.4 is 5.32 Å². The van der Waals surface area contributed by atoms with Gasteiger partial charge in [-0.15, -0.1) is 0 Å². The Labute approximate surface area is 152 Å². The van der Waals surface area contributed by atoms with Gasteiger partial charge in [-0.1, -0.05) is 42.0 Å². The van der Waals surface area contributed by atoms with Crippen molar-refractivity contribution in [1.82, 2.24) is 5.32 Å². The van der Waals surface area contributed by atoms with Crippen LogP contribution in [-0.2, 0) is 20.4 Å². The van der Waals surface area contributed by atoms with E-state index in [9.17, 15) is 18.0 Å². The quantitative estimate of drug-likeness (QED) is 0.774. The van der Waals surface area contributed by atoms with Gasteiger partial charge < -0.3 is 10.4 Å². The van der Waals surface area contributed by atoms with Crippen LogP contribution in [0.3, 0.4) is 0 Å². The van der Waals surface area contributed by atoms with Gasteiger partial charge in [0.25, 0.3) is 5.91 Å². The van der Waals surface area contributed by atoms with E-state index in [1.807, 2.05) is 19.1 Å². The fourth-order valence-electron chi connectivity index (χ4n) is 2.57. The van der Waals surface area contributed by atoms with E-state index in [0.29, 0.717) is 11.1 Å². The molecule has 0 saturated carbocycles. The summed E-state index contributed by atoms with van der Waals surface area (Å²) in [5, 5.41) is 11.9. The van der Waals surface area contributed by atoms with Gasteiger partial charge in [0.1, 0.15) is 0 Å². The molecular formula is C19H21NO5S. The van der Waals surface area contributed by atoms with E-state index in [1.54, 1.807) is 30.3 Å². The zero-order chi connectivity index (χ0) is 19.3. The van der Waals surface area contributed by atoms with Crippen molar-refractivity contribution in [3.63, 3.8) is 0 Å². The van der Waals surface area contributed by atoms with Crippen molar-refractivity contribution in [2.24, 2.45) is 0 Å². The van der Waals surface area contributed by atoms with E-state index >= 15 is 0 Å². The van der Waals surface area contributed by atoms with Crippen LogP contribution >= 0.6 is 0 Å². The summed E-state index contributed by atoms with van der Waals surface area (Å²) in [7, 11) is -3.22. The number of amides is 1. The first kappa shape index (κ1) is 19.7. The lowest BCUT2D eigenvalue weighted by Crippen LogP contribution is -2.30. The number of hydrogen-bond acceptors (Lipinski definition) is 4. The molecule has 2 aromatic carbocycles. The Morgan fingerprint density at radius 2 is 1.77 bits per heavy atom. The predicted molar refractivity (Wildman–Crippen MR) is 98.6 cm³/mol. The molecule has 0 bridgehead atoms. The number of aryl methyl sites for hydroxylation is 1. The van der Waals surface area contributed by atoms with Gasteiger partial charge >= 0.3 is 5.97 Å². The lowest BCUT2D eigenvalue weighted by atomic mass is 10.0. The third kappa shape index (κ3) is 6.00. The number of carboxylic acids is 1. The van der Waals surface area contributed by atoms with Crippen LogP contribution in [0.4, 0.5) is 0 Å². The van der Waals surface area contributed by atoms with Crippen LogP contribution in [0.25, 0.3) is 0 Å². The Kier molecular flexibility index (Phi) is 6.15. The first-order chi connectivity index (χ1) is 12.1. The van der Waals surface area contributed by atoms with Crippen LogP contribution in [0.2, 0.25) is 0 Å². The molecule has 0 unspecified atom stereocenters. The molecule has 2 aromatic rings. The second-order valence-electron chi connectivity index (χ2n) is 6.31. The summed E-state index contributed by atoms with van der Waals surface area (Å²) in [4.78, 5) is 23.7. The molecule has 0 fully saturated rings. The summed E-state index contributed by atoms with van der Waals surface area (Å²) in [5.41, 5.74) is 2.51. The normalized spacial score (nSPS) is 12.4. The summed E-state index contributed by atoms with van der Waals surface area (Å²) in [6.45, 7) is 1.92. The summed E-state index contributed by atoms with van der Waals surface area (Å²) in [6, 6.07) is 12.9. The van der Waals surface area contributed by atoms with Gasteiger partial charge in [-0.05, 0) is 30.2 Å². The SMILES string of the molecule is Cc1ccc([C@@H](CC(=O)O)NC(=O)c2cccc(CS(C)(=O)=O)c2)cc1. The zero-order valence-electron chi connectivity index (χ0n) is 14.6. The van der Waals surface area contributed by atoms with E-state index in [4.69, 9.17) is 5.11 Å². The number of rotatable bonds is 7. The molecule has 0 aliphatic heterocycles. The standard InChI is InChI=1S/C19H21NO5S/c1-13-6-8-15(9-7-13)17(11-18(21)22)20-19(23)16-5-3-4-14(10-16)12-26(2,24)25/h3-10,17H,11-12H2,1-2H3,(H,20,23)(H,21,22)/t17-/m1/s1. The van der Waals surface area contributed by atoms with Gasteiger partial charge in [-0.3, -0.25) is 9.59 Å². The molecule has 2 rings (SSSR count). The molecule has 7 heteroatoms. The third-order valence-electron chi connectivity index (χ3n) is 3.78. The van der Waals surface area contributed by atoms with Gasteiger partial charge in [0.2, 0.25) is 0 Å². The molecule has 6 nitrogen and oxygen atoms in total. The summed E-state index contributed by atoms with van der Waals surface area (Å²) >= 11 is 0. The topological polar surface area (TPSA) is 101 Å². The van der Waals surface area contributed by atoms with Crippen LogP contribution in [0.5, 0.6) is 0 Å². The van der Waals surface area contributed by atoms with Gasteiger partial charge in [-0.25, -0.2) is 8.42 Å². The molecule has 0 aliphatic rings. The van der Waals surface area contributed by atoms with E-state index in [0.717, 1.165) is 11.8 Å². The summed E-state index contributed by atoms with van der Waals surface area (Å²) in [6.07, 6.45) is 0.873. The number of nitrogens with one attached hydrogen (secondary N) is 1. The Balaban J connectivity index is 2.22. The number of benzene rings is 2. The van der Waals surface area contributed by atoms with E-state index in [2.05, 4.69) is 5.32 Å². The van der Waals surface area contributed by atoms with Crippen LogP contribution in [0, 0.1) is 6.92 Å². The Hall–Kier alpha value is -2.67. The van der Waals surface area contributed by atoms with E-state index in [-0.39, 0.29) is 17.7 Å². The average molecular weight is 375 g/mol. The fraction of sp³-hybridized carbons (Fsp3) is 0.263. The highest BCUT2D eigenvalue weighted by Gasteiger charge is 2.19. The van der Waals surface area contributed by atoms with E-state index < -0.39 is 27.8 Å². The molecule has 2 N–H and O–H groups in total. The smallest absolute Gasteiger partial charge is 0.305 e. The third-order valence-corrected chi connectivity index (χ3v) is 4.64. The molecule has 1 amide bonds. The summed E-state index contributed by atoms with van der Waals surface area (Å²) in [5.74, 6) is -1.64. The minimum absolute atomic E-state index is 0.162. The van der Waals surface area contributed by atoms with Crippen molar-refractivity contribution in [2.45, 2.75) is 25.1 Å². The molecule has 0 radical (unpaired) electrons. The van der Waals surface area contributed by atoms with E-state index in [1.165, 1.54) is 6.07 Å². The average Bonchev–Trinajstić information content (AvgIpc) is 2.53. The molecule has 0 saturated heterocycles. The highest BCUT2D eigenvalue weighted by Crippen LogP contribution is 2.19. The van der Waals surface area contributed by atoms with Crippen molar-refractivity contribution in [3.05, 3.63) is 70.8 Å². The van der Waals surface area contributed by atoms with Crippen molar-refractivity contribution in [3.8, 4) is 0 Å². The van der Waals surface area contributed by atoms with Crippen LogP contribution in [0.1, 0.15) is 39.5 Å². The van der Waals surface area contributed by atoms with Gasteiger partial charge in [0, 0.05) is 11.8 Å². The molecule has 1 atom stereocenters. The van der Waals surface area contributed by atoms with Gasteiger partial charge in [-0.2, -0.15) is 0 Å². The Morgan fingerprint density at radius 1 is 1.12 bits per heavy atom. The molecule has 0 heterocycles. The van der Waals surface area contributed by atoms with Crippen LogP contribution in [-0.4, -0.2) is 31.7 Å². The fourth-order valence-corrected chi connectivity index (χ4v) is 3.36. The lowest BCUT2D eigenvalue weighted by molar-refractivity contribution is -0.137. The lowest BCUT2D eigenvalue weighted by Gasteiger charge is -2.18. The number of carbonyl (C=O) groups is 2. The predicted octanol–water partition coefficient (Wildman–Crippen LogP) is 2.49. The molecule has 0 spiro atoms. The number of aliphatic carboxylic acids is 1. The largest absolute Gasteiger partial charge is 0.481 e. The molecular weight excluding hydrogens is 354 g/mol. The van der Waals surface area contributed by atoms with Gasteiger partial charge in [0.05, 0.1) is 18.2 Å². The van der Waals surface area contributed by atoms with Crippen molar-refractivity contribution in [2.75, 3.05) is 6.26 Å². The molecule has 0 aliphatic carbocycles. The maximum Gasteiger partial charge on any atom is 0.305 e. The van der Waals surface area contributed by atoms with Crippen molar-refractivity contribution < 1.29 is 23.1 Å². The Bertz CT molecular complexity index is 904. The van der Waals surface area contributed by atoms with Crippen molar-refractivity contribution in [1.29, 1.82) is 0 Å². The monoisotopic (exact) mass is 375 g/mol. The second-order valence-corrected chi connectivity index (χ2v) is 8.45. The van der Waals surface area contributed by atoms with Gasteiger partial charge in [0.15, 0.2) is 9.84 Å². The highest BCUT2D eigenvalue weighted by atomic mass is 32.2. The van der Waals surface area contributed by atoms with Crippen LogP contribution in [0.15, 0.2) is 48.5 Å². The maximum absolute atomic E-state index is 12.5. The zero-order valence-corrected chi connectivity index (χ0v) is 15.4. The Morgan fingerprint density at radius 3 is 2.35 bits per heavy atom. The first-order valence-electron chi connectivity index (χ1n) is 8.00. The number of sulfone groups is 1. The van der Waals surface area contributed by atoms with Crippen molar-refractivity contribution >= 4 is 21.7 Å². The molecule has 138 valence electrons. The molecule has 26 heavy (non-hydrogen) atoms. The number of carboxylic acid groups (broad SMARTS) is 1. The second kappa shape index (κ2) is 8.14. The highest BCUT2D eigenvalue weighted by molar-refractivity contribution is 7.89. The maximum atomic E-state index is 12.5.